The molecular formula is C14H24N2O4S. The van der Waals surface area contributed by atoms with Crippen molar-refractivity contribution in [3.63, 3.8) is 0 Å². The highest BCUT2D eigenvalue weighted by Crippen LogP contribution is 2.29. The smallest absolute Gasteiger partial charge is 0.320 e. The zero-order valence-electron chi connectivity index (χ0n) is 12.5. The Kier molecular flexibility index (Phi) is 4.14. The molecule has 6 nitrogen and oxygen atoms in total. The summed E-state index contributed by atoms with van der Waals surface area (Å²) in [4.78, 5) is 16.4. The molecule has 3 aliphatic rings. The minimum Gasteiger partial charge on any atom is -0.380 e. The molecule has 2 saturated heterocycles. The highest BCUT2D eigenvalue weighted by Gasteiger charge is 2.46. The molecule has 0 aromatic carbocycles. The fraction of sp³-hybridized carbons (Fsp3) is 0.929. The summed E-state index contributed by atoms with van der Waals surface area (Å²) in [5.74, 6) is 0.0573. The van der Waals surface area contributed by atoms with Crippen molar-refractivity contribution in [2.75, 3.05) is 32.6 Å². The lowest BCUT2D eigenvalue weighted by atomic mass is 10.1. The number of fused-ring (bicyclic) bond motifs is 1. The maximum Gasteiger partial charge on any atom is 0.320 e. The van der Waals surface area contributed by atoms with E-state index < -0.39 is 15.1 Å². The first-order valence-electron chi connectivity index (χ1n) is 7.83. The van der Waals surface area contributed by atoms with Gasteiger partial charge in [0.2, 0.25) is 0 Å². The molecule has 21 heavy (non-hydrogen) atoms. The van der Waals surface area contributed by atoms with E-state index >= 15 is 0 Å². The summed E-state index contributed by atoms with van der Waals surface area (Å²) in [6.07, 6.45) is 5.10. The fourth-order valence-corrected chi connectivity index (χ4v) is 5.65. The summed E-state index contributed by atoms with van der Waals surface area (Å²) < 4.78 is 29.7. The molecule has 0 radical (unpaired) electrons. The Bertz CT molecular complexity index is 501. The zero-order valence-corrected chi connectivity index (χ0v) is 13.3. The van der Waals surface area contributed by atoms with Gasteiger partial charge in [0.1, 0.15) is 5.25 Å². The second-order valence-corrected chi connectivity index (χ2v) is 8.70. The Morgan fingerprint density at radius 1 is 1.24 bits per heavy atom. The van der Waals surface area contributed by atoms with E-state index in [0.717, 1.165) is 12.8 Å². The molecule has 2 atom stereocenters. The van der Waals surface area contributed by atoms with Gasteiger partial charge in [0.15, 0.2) is 9.84 Å². The molecule has 2 heterocycles. The van der Waals surface area contributed by atoms with E-state index in [-0.39, 0.29) is 24.4 Å². The third-order valence-electron chi connectivity index (χ3n) is 5.17. The standard InChI is InChI=1S/C14H24N2O4S/c1-15(11-4-2-3-5-11)14(17)16-7-9-21(18,19)13-10-20-8-6-12(13)16/h11-13H,2-10H2,1H3/t12-,13+/m0/s1. The third-order valence-corrected chi connectivity index (χ3v) is 7.29. The number of hydrogen-bond acceptors (Lipinski definition) is 4. The predicted octanol–water partition coefficient (Wildman–Crippen LogP) is 0.869. The van der Waals surface area contributed by atoms with E-state index in [9.17, 15) is 13.2 Å². The van der Waals surface area contributed by atoms with Crippen molar-refractivity contribution in [1.29, 1.82) is 0 Å². The van der Waals surface area contributed by atoms with Crippen LogP contribution in [0.5, 0.6) is 0 Å². The molecule has 0 aromatic rings. The molecule has 0 spiro atoms. The van der Waals surface area contributed by atoms with Gasteiger partial charge >= 0.3 is 6.03 Å². The molecule has 120 valence electrons. The summed E-state index contributed by atoms with van der Waals surface area (Å²) in [5, 5.41) is -0.541. The lowest BCUT2D eigenvalue weighted by molar-refractivity contribution is 0.0384. The van der Waals surface area contributed by atoms with Gasteiger partial charge in [-0.3, -0.25) is 0 Å². The van der Waals surface area contributed by atoms with Gasteiger partial charge in [-0.15, -0.1) is 0 Å². The van der Waals surface area contributed by atoms with Crippen LogP contribution in [0.25, 0.3) is 0 Å². The number of rotatable bonds is 1. The van der Waals surface area contributed by atoms with E-state index in [2.05, 4.69) is 0 Å². The second kappa shape index (κ2) is 5.76. The van der Waals surface area contributed by atoms with E-state index in [1.165, 1.54) is 12.8 Å². The van der Waals surface area contributed by atoms with Gasteiger partial charge in [0.25, 0.3) is 0 Å². The van der Waals surface area contributed by atoms with Gasteiger partial charge in [-0.25, -0.2) is 13.2 Å². The Hall–Kier alpha value is -0.820. The average Bonchev–Trinajstić information content (AvgIpc) is 3.00. The number of carbonyl (C=O) groups excluding carboxylic acids is 1. The normalized spacial score (nSPS) is 32.7. The Balaban J connectivity index is 1.76. The van der Waals surface area contributed by atoms with Crippen molar-refractivity contribution in [1.82, 2.24) is 9.80 Å². The monoisotopic (exact) mass is 316 g/mol. The summed E-state index contributed by atoms with van der Waals surface area (Å²) in [5.41, 5.74) is 0. The molecule has 0 aromatic heterocycles. The molecular weight excluding hydrogens is 292 g/mol. The van der Waals surface area contributed by atoms with Gasteiger partial charge in [-0.1, -0.05) is 12.8 Å². The van der Waals surface area contributed by atoms with Crippen molar-refractivity contribution >= 4 is 15.9 Å². The number of urea groups is 1. The van der Waals surface area contributed by atoms with Crippen LogP contribution in [0.2, 0.25) is 0 Å². The minimum atomic E-state index is -3.13. The number of carbonyl (C=O) groups is 1. The van der Waals surface area contributed by atoms with Crippen LogP contribution in [0, 0.1) is 0 Å². The molecule has 3 fully saturated rings. The van der Waals surface area contributed by atoms with E-state index in [0.29, 0.717) is 25.6 Å². The number of sulfone groups is 1. The van der Waals surface area contributed by atoms with Crippen LogP contribution in [-0.2, 0) is 14.6 Å². The van der Waals surface area contributed by atoms with Gasteiger partial charge < -0.3 is 14.5 Å². The second-order valence-electron chi connectivity index (χ2n) is 6.36. The molecule has 1 saturated carbocycles. The van der Waals surface area contributed by atoms with Crippen molar-refractivity contribution in [2.45, 2.75) is 49.4 Å². The van der Waals surface area contributed by atoms with Gasteiger partial charge in [-0.2, -0.15) is 0 Å². The van der Waals surface area contributed by atoms with Crippen LogP contribution in [0.3, 0.4) is 0 Å². The fourth-order valence-electron chi connectivity index (χ4n) is 3.83. The van der Waals surface area contributed by atoms with Crippen LogP contribution >= 0.6 is 0 Å². The molecule has 1 aliphatic carbocycles. The molecule has 7 heteroatoms. The molecule has 3 rings (SSSR count). The maximum atomic E-state index is 12.8. The topological polar surface area (TPSA) is 66.9 Å². The lowest BCUT2D eigenvalue weighted by Crippen LogP contribution is -2.62. The van der Waals surface area contributed by atoms with Crippen LogP contribution < -0.4 is 0 Å². The zero-order chi connectivity index (χ0) is 15.0. The highest BCUT2D eigenvalue weighted by atomic mass is 32.2. The Labute approximate surface area is 126 Å². The highest BCUT2D eigenvalue weighted by molar-refractivity contribution is 7.92. The van der Waals surface area contributed by atoms with Crippen LogP contribution in [0.4, 0.5) is 4.79 Å². The Morgan fingerprint density at radius 2 is 1.95 bits per heavy atom. The van der Waals surface area contributed by atoms with Gasteiger partial charge in [0.05, 0.1) is 18.4 Å². The van der Waals surface area contributed by atoms with Crippen molar-refractivity contribution in [3.05, 3.63) is 0 Å². The Morgan fingerprint density at radius 3 is 2.67 bits per heavy atom. The van der Waals surface area contributed by atoms with Crippen LogP contribution in [0.15, 0.2) is 0 Å². The third kappa shape index (κ3) is 2.77. The molecule has 0 N–H and O–H groups in total. The number of amides is 2. The number of hydrogen-bond donors (Lipinski definition) is 0. The molecule has 0 bridgehead atoms. The van der Waals surface area contributed by atoms with Gasteiger partial charge in [0, 0.05) is 26.2 Å². The quantitative estimate of drug-likeness (QED) is 0.720. The summed E-state index contributed by atoms with van der Waals surface area (Å²) in [6.45, 7) is 1.08. The van der Waals surface area contributed by atoms with E-state index in [1.807, 2.05) is 11.9 Å². The van der Waals surface area contributed by atoms with Crippen molar-refractivity contribution in [2.24, 2.45) is 0 Å². The van der Waals surface area contributed by atoms with Gasteiger partial charge in [-0.05, 0) is 19.3 Å². The number of ether oxygens (including phenoxy) is 1. The first kappa shape index (κ1) is 15.1. The van der Waals surface area contributed by atoms with Crippen molar-refractivity contribution in [3.8, 4) is 0 Å². The summed E-state index contributed by atoms with van der Waals surface area (Å²) in [6, 6.07) is 0.0943. The molecule has 2 amide bonds. The lowest BCUT2D eigenvalue weighted by Gasteiger charge is -2.45. The maximum absolute atomic E-state index is 12.8. The average molecular weight is 316 g/mol. The predicted molar refractivity (Wildman–Crippen MR) is 78.9 cm³/mol. The van der Waals surface area contributed by atoms with Crippen LogP contribution in [0.1, 0.15) is 32.1 Å². The first-order valence-corrected chi connectivity index (χ1v) is 9.55. The minimum absolute atomic E-state index is 0.00583. The largest absolute Gasteiger partial charge is 0.380 e. The van der Waals surface area contributed by atoms with Crippen molar-refractivity contribution < 1.29 is 17.9 Å². The summed E-state index contributed by atoms with van der Waals surface area (Å²) in [7, 11) is -1.28. The molecule has 0 unspecified atom stereocenters. The number of nitrogens with zero attached hydrogens (tertiary/aromatic N) is 2. The summed E-state index contributed by atoms with van der Waals surface area (Å²) >= 11 is 0. The van der Waals surface area contributed by atoms with Crippen LogP contribution in [-0.4, -0.2) is 74.1 Å². The van der Waals surface area contributed by atoms with E-state index in [4.69, 9.17) is 4.74 Å². The SMILES string of the molecule is CN(C(=O)N1CCS(=O)(=O)[C@@H]2COCC[C@@H]21)C1CCCC1. The van der Waals surface area contributed by atoms with E-state index in [1.54, 1.807) is 4.90 Å². The molecule has 2 aliphatic heterocycles. The first-order chi connectivity index (χ1) is 10.0.